The van der Waals surface area contributed by atoms with Crippen LogP contribution in [0.3, 0.4) is 0 Å². The third-order valence-corrected chi connectivity index (χ3v) is 10.1. The molecule has 1 saturated heterocycles. The summed E-state index contributed by atoms with van der Waals surface area (Å²) in [6.07, 6.45) is 6.90. The highest BCUT2D eigenvalue weighted by Gasteiger charge is 2.38. The summed E-state index contributed by atoms with van der Waals surface area (Å²) in [5, 5.41) is 2.08. The molecular formula is C43H36NO4Si. The van der Waals surface area contributed by atoms with Gasteiger partial charge >= 0.3 is 10.5 Å². The molecule has 0 N–H and O–H groups in total. The second-order valence-electron chi connectivity index (χ2n) is 12.6. The van der Waals surface area contributed by atoms with Crippen molar-refractivity contribution in [2.24, 2.45) is 0 Å². The number of anilines is 1. The molecule has 241 valence electrons. The highest BCUT2D eigenvalue weighted by molar-refractivity contribution is 6.05. The molecule has 49 heavy (non-hydrogen) atoms. The van der Waals surface area contributed by atoms with E-state index in [-0.39, 0.29) is 0 Å². The number of methoxy groups -OCH3 is 2. The first-order valence-electron chi connectivity index (χ1n) is 16.7. The van der Waals surface area contributed by atoms with E-state index in [1.165, 1.54) is 18.5 Å². The summed E-state index contributed by atoms with van der Waals surface area (Å²) >= 11 is 0. The van der Waals surface area contributed by atoms with E-state index >= 15 is 0 Å². The number of hydrogen-bond donors (Lipinski definition) is 0. The molecule has 8 rings (SSSR count). The molecule has 6 aromatic rings. The summed E-state index contributed by atoms with van der Waals surface area (Å²) in [5.74, 6) is 2.91. The Bertz CT molecular complexity index is 2140. The van der Waals surface area contributed by atoms with Crippen LogP contribution in [0.2, 0.25) is 0 Å². The summed E-state index contributed by atoms with van der Waals surface area (Å²) in [6.45, 7) is 2.21. The van der Waals surface area contributed by atoms with Crippen LogP contribution in [0.25, 0.3) is 39.1 Å². The van der Waals surface area contributed by atoms with Crippen LogP contribution in [0.4, 0.5) is 5.69 Å². The molecule has 3 radical (unpaired) electrons. The first-order valence-corrected chi connectivity index (χ1v) is 17.1. The van der Waals surface area contributed by atoms with Crippen molar-refractivity contribution < 1.29 is 18.6 Å². The highest BCUT2D eigenvalue weighted by Crippen LogP contribution is 2.49. The molecule has 0 amide bonds. The average molecular weight is 659 g/mol. The zero-order valence-electron chi connectivity index (χ0n) is 27.6. The molecule has 1 unspecified atom stereocenters. The lowest BCUT2D eigenvalue weighted by Gasteiger charge is -2.37. The number of ether oxygens (including phenoxy) is 3. The average Bonchev–Trinajstić information content (AvgIpc) is 3.73. The third-order valence-electron chi connectivity index (χ3n) is 9.87. The van der Waals surface area contributed by atoms with Crippen molar-refractivity contribution in [3.8, 4) is 45.3 Å². The van der Waals surface area contributed by atoms with E-state index in [4.69, 9.17) is 18.6 Å². The Morgan fingerprint density at radius 1 is 0.653 bits per heavy atom. The Kier molecular flexibility index (Phi) is 8.10. The number of fused-ring (bicyclic) bond motifs is 3. The van der Waals surface area contributed by atoms with E-state index in [9.17, 15) is 0 Å². The summed E-state index contributed by atoms with van der Waals surface area (Å²) in [5.41, 5.74) is 7.95. The van der Waals surface area contributed by atoms with Gasteiger partial charge in [0.2, 0.25) is 0 Å². The quantitative estimate of drug-likeness (QED) is 0.152. The SMILES string of the molecule is COc1cc2c(-c3ccc(-c4ccc(O[Si])cc4)cc3)cc3c(c2cc1OC)C=CC(c1ccccc1)(c1ccc(N2CCCC2)cc1)O3. The number of hydrogen-bond acceptors (Lipinski definition) is 5. The minimum atomic E-state index is -0.811. The first-order chi connectivity index (χ1) is 24.1. The van der Waals surface area contributed by atoms with Crippen LogP contribution in [0, 0.1) is 0 Å². The largest absolute Gasteiger partial charge is 0.540 e. The summed E-state index contributed by atoms with van der Waals surface area (Å²) in [7, 11) is 6.45. The van der Waals surface area contributed by atoms with Crippen LogP contribution in [0.1, 0.15) is 29.5 Å². The van der Waals surface area contributed by atoms with Gasteiger partial charge in [0.1, 0.15) is 11.5 Å². The van der Waals surface area contributed by atoms with Crippen molar-refractivity contribution in [1.82, 2.24) is 0 Å². The molecule has 0 aromatic heterocycles. The third kappa shape index (κ3) is 5.52. The summed E-state index contributed by atoms with van der Waals surface area (Å²) < 4.78 is 24.0. The molecule has 0 saturated carbocycles. The second-order valence-corrected chi connectivity index (χ2v) is 12.8. The molecule has 2 aliphatic heterocycles. The van der Waals surface area contributed by atoms with Gasteiger partial charge in [0.05, 0.1) is 14.2 Å². The first kappa shape index (κ1) is 30.8. The lowest BCUT2D eigenvalue weighted by molar-refractivity contribution is 0.161. The van der Waals surface area contributed by atoms with Gasteiger partial charge in [0, 0.05) is 35.5 Å². The lowest BCUT2D eigenvalue weighted by Crippen LogP contribution is -2.34. The molecule has 2 heterocycles. The van der Waals surface area contributed by atoms with Crippen molar-refractivity contribution in [1.29, 1.82) is 0 Å². The van der Waals surface area contributed by atoms with Crippen LogP contribution in [-0.4, -0.2) is 37.8 Å². The van der Waals surface area contributed by atoms with Gasteiger partial charge in [-0.2, -0.15) is 0 Å². The Morgan fingerprint density at radius 2 is 1.24 bits per heavy atom. The van der Waals surface area contributed by atoms with Gasteiger partial charge in [-0.3, -0.25) is 0 Å². The van der Waals surface area contributed by atoms with E-state index in [1.807, 2.05) is 18.2 Å². The minimum Gasteiger partial charge on any atom is -0.540 e. The Morgan fingerprint density at radius 3 is 1.88 bits per heavy atom. The van der Waals surface area contributed by atoms with Crippen LogP contribution in [0.15, 0.2) is 127 Å². The molecule has 1 fully saturated rings. The monoisotopic (exact) mass is 658 g/mol. The lowest BCUT2D eigenvalue weighted by atomic mass is 9.82. The van der Waals surface area contributed by atoms with Gasteiger partial charge in [-0.05, 0) is 100 Å². The second kappa shape index (κ2) is 12.9. The van der Waals surface area contributed by atoms with Gasteiger partial charge in [-0.25, -0.2) is 0 Å². The predicted octanol–water partition coefficient (Wildman–Crippen LogP) is 9.60. The fourth-order valence-electron chi connectivity index (χ4n) is 7.26. The van der Waals surface area contributed by atoms with Gasteiger partial charge in [-0.15, -0.1) is 0 Å². The molecular weight excluding hydrogens is 623 g/mol. The highest BCUT2D eigenvalue weighted by atomic mass is 28.2. The summed E-state index contributed by atoms with van der Waals surface area (Å²) in [4.78, 5) is 2.46. The van der Waals surface area contributed by atoms with Crippen molar-refractivity contribution in [3.63, 3.8) is 0 Å². The zero-order valence-corrected chi connectivity index (χ0v) is 28.6. The fourth-order valence-corrected chi connectivity index (χ4v) is 7.40. The molecule has 0 aliphatic carbocycles. The number of benzene rings is 6. The maximum absolute atomic E-state index is 7.28. The molecule has 0 spiro atoms. The fraction of sp³-hybridized carbons (Fsp3) is 0.163. The van der Waals surface area contributed by atoms with Gasteiger partial charge in [-0.1, -0.05) is 78.9 Å². The Balaban J connectivity index is 1.28. The van der Waals surface area contributed by atoms with Gasteiger partial charge in [0.25, 0.3) is 0 Å². The maximum atomic E-state index is 7.28. The predicted molar refractivity (Wildman–Crippen MR) is 199 cm³/mol. The van der Waals surface area contributed by atoms with Crippen molar-refractivity contribution in [3.05, 3.63) is 144 Å². The standard InChI is InChI=1S/C43H36NO4Si/c1-45-41-27-38-36-22-23-43(32-8-4-3-5-9-32,33-16-18-34(19-17-33)44-24-6-7-25-44)47-40(36)26-37(39(38)28-42(41)46-2)31-12-10-29(11-13-31)30-14-20-35(48-49)21-15-30/h3-5,8-23,26-28H,6-7,24-25H2,1-2H3. The van der Waals surface area contributed by atoms with Crippen LogP contribution < -0.4 is 23.5 Å². The molecule has 6 aromatic carbocycles. The van der Waals surface area contributed by atoms with Crippen molar-refractivity contribution in [2.45, 2.75) is 18.4 Å². The van der Waals surface area contributed by atoms with E-state index in [2.05, 4.69) is 131 Å². The molecule has 6 heteroatoms. The number of rotatable bonds is 8. The van der Waals surface area contributed by atoms with Gasteiger partial charge in [0.15, 0.2) is 17.1 Å². The van der Waals surface area contributed by atoms with E-state index in [0.717, 1.165) is 74.3 Å². The Labute approximate surface area is 290 Å². The van der Waals surface area contributed by atoms with E-state index < -0.39 is 5.60 Å². The smallest absolute Gasteiger partial charge is 0.341 e. The van der Waals surface area contributed by atoms with Crippen LogP contribution in [-0.2, 0) is 5.60 Å². The summed E-state index contributed by atoms with van der Waals surface area (Å²) in [6, 6.07) is 42.4. The molecule has 5 nitrogen and oxygen atoms in total. The van der Waals surface area contributed by atoms with Crippen LogP contribution in [0.5, 0.6) is 23.0 Å². The minimum absolute atomic E-state index is 0.672. The number of nitrogens with zero attached hydrogens (tertiary/aromatic N) is 1. The normalized spacial score (nSPS) is 16.7. The topological polar surface area (TPSA) is 40.2 Å². The van der Waals surface area contributed by atoms with Crippen molar-refractivity contribution in [2.75, 3.05) is 32.2 Å². The Hall–Kier alpha value is -5.46. The molecule has 2 aliphatic rings. The zero-order chi connectivity index (χ0) is 33.4. The van der Waals surface area contributed by atoms with Gasteiger partial charge < -0.3 is 23.5 Å². The van der Waals surface area contributed by atoms with Crippen LogP contribution >= 0.6 is 0 Å². The molecule has 1 atom stereocenters. The van der Waals surface area contributed by atoms with E-state index in [0.29, 0.717) is 11.5 Å². The maximum Gasteiger partial charge on any atom is 0.341 e. The molecule has 0 bridgehead atoms. The van der Waals surface area contributed by atoms with E-state index in [1.54, 1.807) is 14.2 Å². The van der Waals surface area contributed by atoms with Crippen molar-refractivity contribution >= 4 is 33.0 Å².